The van der Waals surface area contributed by atoms with E-state index >= 15 is 0 Å². The minimum atomic E-state index is -3.40. The van der Waals surface area contributed by atoms with Gasteiger partial charge in [-0.1, -0.05) is 13.3 Å². The van der Waals surface area contributed by atoms with Gasteiger partial charge in [-0.05, 0) is 13.3 Å². The molecule has 0 rings (SSSR count). The van der Waals surface area contributed by atoms with Crippen LogP contribution < -0.4 is 4.72 Å². The lowest BCUT2D eigenvalue weighted by Crippen LogP contribution is -2.52. The molecule has 86 valence electrons. The van der Waals surface area contributed by atoms with Gasteiger partial charge in [-0.2, -0.15) is 0 Å². The molecule has 0 amide bonds. The quantitative estimate of drug-likeness (QED) is 0.542. The first-order chi connectivity index (χ1) is 6.39. The largest absolute Gasteiger partial charge is 0.394 e. The molecule has 0 aromatic carbocycles. The number of sulfonamides is 1. The first kappa shape index (κ1) is 13.8. The van der Waals surface area contributed by atoms with Crippen LogP contribution in [0, 0.1) is 0 Å². The summed E-state index contributed by atoms with van der Waals surface area (Å²) in [6.45, 7) is 2.51. The van der Waals surface area contributed by atoms with Gasteiger partial charge in [0, 0.05) is 0 Å². The number of rotatable bonds is 7. The van der Waals surface area contributed by atoms with Crippen LogP contribution in [0.25, 0.3) is 0 Å². The summed E-state index contributed by atoms with van der Waals surface area (Å²) in [5, 5.41) is 17.8. The molecule has 0 aromatic heterocycles. The van der Waals surface area contributed by atoms with E-state index in [1.807, 2.05) is 6.92 Å². The second-order valence-electron chi connectivity index (χ2n) is 3.65. The van der Waals surface area contributed by atoms with Crippen molar-refractivity contribution in [2.24, 2.45) is 0 Å². The van der Waals surface area contributed by atoms with Crippen molar-refractivity contribution in [1.29, 1.82) is 0 Å². The molecule has 0 saturated carbocycles. The maximum atomic E-state index is 11.4. The van der Waals surface area contributed by atoms with Gasteiger partial charge in [-0.25, -0.2) is 13.1 Å². The number of aliphatic hydroxyl groups excluding tert-OH is 2. The van der Waals surface area contributed by atoms with Crippen molar-refractivity contribution in [3.8, 4) is 0 Å². The molecule has 0 aliphatic carbocycles. The highest BCUT2D eigenvalue weighted by Crippen LogP contribution is 2.05. The van der Waals surface area contributed by atoms with Gasteiger partial charge < -0.3 is 10.2 Å². The van der Waals surface area contributed by atoms with Gasteiger partial charge in [0.05, 0.1) is 24.5 Å². The van der Waals surface area contributed by atoms with Crippen molar-refractivity contribution in [2.75, 3.05) is 19.0 Å². The normalized spacial score (nSPS) is 13.1. The Kier molecular flexibility index (Phi) is 5.58. The highest BCUT2D eigenvalue weighted by Gasteiger charge is 2.27. The average Bonchev–Trinajstić information content (AvgIpc) is 2.14. The van der Waals surface area contributed by atoms with E-state index in [1.54, 1.807) is 0 Å². The standard InChI is InChI=1S/C8H19NO4S/c1-3-4-5-14(12,13)9-8(2,6-10)7-11/h9-11H,3-7H2,1-2H3. The first-order valence-corrected chi connectivity index (χ1v) is 6.28. The SMILES string of the molecule is CCCCS(=O)(=O)NC(C)(CO)CO. The molecule has 0 fully saturated rings. The maximum absolute atomic E-state index is 11.4. The molecule has 0 unspecified atom stereocenters. The minimum absolute atomic E-state index is 0.0269. The molecule has 0 aliphatic rings. The highest BCUT2D eigenvalue weighted by molar-refractivity contribution is 7.89. The molecule has 0 atom stereocenters. The Bertz CT molecular complexity index is 246. The van der Waals surface area contributed by atoms with Crippen molar-refractivity contribution >= 4 is 10.0 Å². The molecule has 3 N–H and O–H groups in total. The van der Waals surface area contributed by atoms with Gasteiger partial charge in [0.2, 0.25) is 10.0 Å². The fraction of sp³-hybridized carbons (Fsp3) is 1.00. The molecule has 0 aromatic rings. The van der Waals surface area contributed by atoms with Crippen LogP contribution in [-0.4, -0.2) is 43.1 Å². The maximum Gasteiger partial charge on any atom is 0.212 e. The van der Waals surface area contributed by atoms with Crippen LogP contribution in [0.4, 0.5) is 0 Å². The summed E-state index contributed by atoms with van der Waals surface area (Å²) in [4.78, 5) is 0. The van der Waals surface area contributed by atoms with Crippen LogP contribution in [0.2, 0.25) is 0 Å². The van der Waals surface area contributed by atoms with Crippen LogP contribution in [0.1, 0.15) is 26.7 Å². The van der Waals surface area contributed by atoms with E-state index in [1.165, 1.54) is 6.92 Å². The highest BCUT2D eigenvalue weighted by atomic mass is 32.2. The van der Waals surface area contributed by atoms with Crippen molar-refractivity contribution < 1.29 is 18.6 Å². The molecule has 0 bridgehead atoms. The molecule has 0 radical (unpaired) electrons. The van der Waals surface area contributed by atoms with Crippen LogP contribution >= 0.6 is 0 Å². The predicted molar refractivity (Wildman–Crippen MR) is 54.4 cm³/mol. The molecule has 0 heterocycles. The minimum Gasteiger partial charge on any atom is -0.394 e. The number of unbranched alkanes of at least 4 members (excludes halogenated alkanes) is 1. The van der Waals surface area contributed by atoms with E-state index in [2.05, 4.69) is 4.72 Å². The molecular formula is C8H19NO4S. The summed E-state index contributed by atoms with van der Waals surface area (Å²) in [6, 6.07) is 0. The summed E-state index contributed by atoms with van der Waals surface area (Å²) < 4.78 is 25.1. The van der Waals surface area contributed by atoms with E-state index in [9.17, 15) is 8.42 Å². The van der Waals surface area contributed by atoms with Crippen LogP contribution in [0.15, 0.2) is 0 Å². The van der Waals surface area contributed by atoms with Gasteiger partial charge in [0.1, 0.15) is 0 Å². The van der Waals surface area contributed by atoms with Crippen molar-refractivity contribution in [1.82, 2.24) is 4.72 Å². The Morgan fingerprint density at radius 2 is 1.79 bits per heavy atom. The van der Waals surface area contributed by atoms with Crippen molar-refractivity contribution in [3.63, 3.8) is 0 Å². The molecule has 6 heteroatoms. The first-order valence-electron chi connectivity index (χ1n) is 4.62. The number of aliphatic hydroxyl groups is 2. The van der Waals surface area contributed by atoms with Gasteiger partial charge in [0.25, 0.3) is 0 Å². The van der Waals surface area contributed by atoms with E-state index in [4.69, 9.17) is 10.2 Å². The molecule has 0 spiro atoms. The van der Waals surface area contributed by atoms with E-state index in [0.29, 0.717) is 6.42 Å². The van der Waals surface area contributed by atoms with Crippen LogP contribution in [0.3, 0.4) is 0 Å². The third-order valence-corrected chi connectivity index (χ3v) is 3.50. The fourth-order valence-electron chi connectivity index (χ4n) is 0.875. The Hall–Kier alpha value is -0.170. The molecule has 0 aliphatic heterocycles. The Morgan fingerprint density at radius 3 is 2.14 bits per heavy atom. The van der Waals surface area contributed by atoms with Gasteiger partial charge in [-0.15, -0.1) is 0 Å². The monoisotopic (exact) mass is 225 g/mol. The summed E-state index contributed by atoms with van der Waals surface area (Å²) >= 11 is 0. The number of hydrogen-bond donors (Lipinski definition) is 3. The van der Waals surface area contributed by atoms with E-state index in [-0.39, 0.29) is 5.75 Å². The second-order valence-corrected chi connectivity index (χ2v) is 5.49. The summed E-state index contributed by atoms with van der Waals surface area (Å²) in [5.41, 5.74) is -1.16. The van der Waals surface area contributed by atoms with Gasteiger partial charge in [-0.3, -0.25) is 0 Å². The van der Waals surface area contributed by atoms with Gasteiger partial charge in [0.15, 0.2) is 0 Å². The topological polar surface area (TPSA) is 86.6 Å². The van der Waals surface area contributed by atoms with Crippen molar-refractivity contribution in [2.45, 2.75) is 32.2 Å². The van der Waals surface area contributed by atoms with E-state index < -0.39 is 28.8 Å². The molecule has 0 saturated heterocycles. The molecule has 5 nitrogen and oxygen atoms in total. The zero-order valence-corrected chi connectivity index (χ0v) is 9.47. The number of nitrogens with one attached hydrogen (secondary N) is 1. The Balaban J connectivity index is 4.33. The van der Waals surface area contributed by atoms with Gasteiger partial charge >= 0.3 is 0 Å². The Labute approximate surface area is 85.2 Å². The fourth-order valence-corrected chi connectivity index (χ4v) is 2.53. The van der Waals surface area contributed by atoms with E-state index in [0.717, 1.165) is 6.42 Å². The lowest BCUT2D eigenvalue weighted by Gasteiger charge is -2.25. The summed E-state index contributed by atoms with van der Waals surface area (Å²) in [6.07, 6.45) is 1.36. The predicted octanol–water partition coefficient (Wildman–Crippen LogP) is -0.551. The lowest BCUT2D eigenvalue weighted by molar-refractivity contribution is 0.122. The molecular weight excluding hydrogens is 206 g/mol. The lowest BCUT2D eigenvalue weighted by atomic mass is 10.1. The zero-order valence-electron chi connectivity index (χ0n) is 8.65. The second kappa shape index (κ2) is 5.65. The smallest absolute Gasteiger partial charge is 0.212 e. The summed E-state index contributed by atoms with van der Waals surface area (Å²) in [5.74, 6) is 0.0269. The van der Waals surface area contributed by atoms with Crippen molar-refractivity contribution in [3.05, 3.63) is 0 Å². The summed E-state index contributed by atoms with van der Waals surface area (Å²) in [7, 11) is -3.40. The third kappa shape index (κ3) is 4.90. The molecule has 14 heavy (non-hydrogen) atoms. The average molecular weight is 225 g/mol. The Morgan fingerprint density at radius 1 is 1.29 bits per heavy atom. The van der Waals surface area contributed by atoms with Crippen LogP contribution in [0.5, 0.6) is 0 Å². The van der Waals surface area contributed by atoms with Crippen LogP contribution in [-0.2, 0) is 10.0 Å². The third-order valence-electron chi connectivity index (χ3n) is 1.87. The number of hydrogen-bond acceptors (Lipinski definition) is 4. The zero-order chi connectivity index (χ0) is 11.2.